The summed E-state index contributed by atoms with van der Waals surface area (Å²) >= 11 is 5.87. The summed E-state index contributed by atoms with van der Waals surface area (Å²) in [7, 11) is 0. The van der Waals surface area contributed by atoms with Crippen LogP contribution in [0.15, 0.2) is 45.3 Å². The summed E-state index contributed by atoms with van der Waals surface area (Å²) in [5.41, 5.74) is 5.07. The molecular formula is C13H9Br2F2NO2. The van der Waals surface area contributed by atoms with Crippen LogP contribution in [-0.4, -0.2) is 11.1 Å². The molecule has 0 saturated heterocycles. The molecule has 3 N–H and O–H groups in total. The van der Waals surface area contributed by atoms with E-state index in [0.29, 0.717) is 4.47 Å². The van der Waals surface area contributed by atoms with E-state index in [2.05, 4.69) is 31.9 Å². The number of aromatic carboxylic acids is 1. The third kappa shape index (κ3) is 4.28. The van der Waals surface area contributed by atoms with Crippen molar-refractivity contribution < 1.29 is 18.7 Å². The molecule has 0 aromatic heterocycles. The van der Waals surface area contributed by atoms with Gasteiger partial charge in [0, 0.05) is 0 Å². The molecule has 0 fully saturated rings. The van der Waals surface area contributed by atoms with Gasteiger partial charge in [-0.25, -0.2) is 13.6 Å². The maximum absolute atomic E-state index is 12.8. The van der Waals surface area contributed by atoms with Gasteiger partial charge in [-0.2, -0.15) is 0 Å². The molecule has 0 saturated carbocycles. The van der Waals surface area contributed by atoms with Gasteiger partial charge in [-0.15, -0.1) is 0 Å². The molecule has 0 amide bonds. The number of nitrogen functional groups attached to an aromatic ring is 1. The lowest BCUT2D eigenvalue weighted by atomic mass is 10.2. The number of carboxylic acid groups (broad SMARTS) is 1. The molecule has 0 atom stereocenters. The third-order valence-corrected chi connectivity index (χ3v) is 3.39. The Morgan fingerprint density at radius 2 is 1.50 bits per heavy atom. The standard InChI is InChI=1S/C7H4BrFO2.C6H5BrFN/c8-5-3-1-2-4(6(5)9)7(10)11;7-4-2-1-3-5(9)6(4)8/h1-3H,(H,10,11);1-3H,9H2. The Kier molecular flexibility index (Phi) is 6.09. The number of hydrogen-bond acceptors (Lipinski definition) is 2. The van der Waals surface area contributed by atoms with Crippen LogP contribution in [0.1, 0.15) is 10.4 Å². The van der Waals surface area contributed by atoms with E-state index in [0.717, 1.165) is 0 Å². The van der Waals surface area contributed by atoms with Gasteiger partial charge in [-0.05, 0) is 56.1 Å². The summed E-state index contributed by atoms with van der Waals surface area (Å²) in [4.78, 5) is 10.3. The van der Waals surface area contributed by atoms with E-state index in [1.54, 1.807) is 12.1 Å². The molecule has 0 aliphatic carbocycles. The summed E-state index contributed by atoms with van der Waals surface area (Å²) in [5, 5.41) is 8.43. The lowest BCUT2D eigenvalue weighted by molar-refractivity contribution is 0.0691. The van der Waals surface area contributed by atoms with Crippen LogP contribution in [0.2, 0.25) is 0 Å². The van der Waals surface area contributed by atoms with Gasteiger partial charge in [0.2, 0.25) is 0 Å². The lowest BCUT2D eigenvalue weighted by Gasteiger charge is -1.97. The van der Waals surface area contributed by atoms with E-state index >= 15 is 0 Å². The van der Waals surface area contributed by atoms with Crippen molar-refractivity contribution in [1.29, 1.82) is 0 Å². The number of carbonyl (C=O) groups is 1. The highest BCUT2D eigenvalue weighted by molar-refractivity contribution is 9.10. The molecule has 0 bridgehead atoms. The first-order valence-corrected chi connectivity index (χ1v) is 6.80. The van der Waals surface area contributed by atoms with E-state index < -0.39 is 17.6 Å². The molecule has 7 heteroatoms. The Morgan fingerprint density at radius 3 is 1.90 bits per heavy atom. The highest BCUT2D eigenvalue weighted by atomic mass is 79.9. The zero-order valence-electron chi connectivity index (χ0n) is 9.91. The normalized spacial score (nSPS) is 9.60. The highest BCUT2D eigenvalue weighted by Crippen LogP contribution is 2.19. The minimum atomic E-state index is -1.26. The first kappa shape index (κ1) is 16.6. The number of benzene rings is 2. The predicted octanol–water partition coefficient (Wildman–Crippen LogP) is 4.46. The number of nitrogens with two attached hydrogens (primary N) is 1. The van der Waals surface area contributed by atoms with Crippen LogP contribution in [-0.2, 0) is 0 Å². The van der Waals surface area contributed by atoms with Crippen molar-refractivity contribution in [2.75, 3.05) is 5.73 Å². The van der Waals surface area contributed by atoms with Gasteiger partial charge in [0.25, 0.3) is 0 Å². The van der Waals surface area contributed by atoms with Crippen molar-refractivity contribution in [2.24, 2.45) is 0 Å². The van der Waals surface area contributed by atoms with Gasteiger partial charge < -0.3 is 10.8 Å². The van der Waals surface area contributed by atoms with Crippen LogP contribution < -0.4 is 5.73 Å². The Bertz CT molecular complexity index is 616. The van der Waals surface area contributed by atoms with Crippen molar-refractivity contribution in [1.82, 2.24) is 0 Å². The minimum absolute atomic E-state index is 0.164. The van der Waals surface area contributed by atoms with Crippen LogP contribution >= 0.6 is 31.9 Å². The third-order valence-electron chi connectivity index (χ3n) is 2.16. The van der Waals surface area contributed by atoms with E-state index in [4.69, 9.17) is 10.8 Å². The second kappa shape index (κ2) is 7.35. The molecule has 0 heterocycles. The largest absolute Gasteiger partial charge is 0.478 e. The van der Waals surface area contributed by atoms with Crippen LogP contribution in [0, 0.1) is 11.6 Å². The second-order valence-electron chi connectivity index (χ2n) is 3.55. The number of anilines is 1. The van der Waals surface area contributed by atoms with Gasteiger partial charge in [-0.1, -0.05) is 12.1 Å². The fourth-order valence-electron chi connectivity index (χ4n) is 1.19. The summed E-state index contributed by atoms with van der Waals surface area (Å²) < 4.78 is 26.0. The molecule has 2 aromatic rings. The Hall–Kier alpha value is -1.47. The summed E-state index contributed by atoms with van der Waals surface area (Å²) in [5.74, 6) is -2.39. The molecule has 2 aromatic carbocycles. The van der Waals surface area contributed by atoms with Crippen molar-refractivity contribution >= 4 is 43.5 Å². The van der Waals surface area contributed by atoms with E-state index in [1.165, 1.54) is 24.3 Å². The maximum Gasteiger partial charge on any atom is 0.338 e. The SMILES string of the molecule is Nc1cccc(Br)c1F.O=C(O)c1cccc(Br)c1F. The van der Waals surface area contributed by atoms with Crippen LogP contribution in [0.25, 0.3) is 0 Å². The fraction of sp³-hybridized carbons (Fsp3) is 0. The van der Waals surface area contributed by atoms with E-state index in [9.17, 15) is 13.6 Å². The van der Waals surface area contributed by atoms with Gasteiger partial charge >= 0.3 is 5.97 Å². The van der Waals surface area contributed by atoms with Gasteiger partial charge in [0.15, 0.2) is 11.6 Å². The van der Waals surface area contributed by atoms with Gasteiger partial charge in [0.05, 0.1) is 20.2 Å². The average molecular weight is 409 g/mol. The van der Waals surface area contributed by atoms with E-state index in [-0.39, 0.29) is 15.7 Å². The second-order valence-corrected chi connectivity index (χ2v) is 5.26. The number of carboxylic acids is 1. The molecular weight excluding hydrogens is 400 g/mol. The predicted molar refractivity (Wildman–Crippen MR) is 79.6 cm³/mol. The minimum Gasteiger partial charge on any atom is -0.478 e. The summed E-state index contributed by atoms with van der Waals surface area (Å²) in [6.07, 6.45) is 0. The molecule has 0 spiro atoms. The quantitative estimate of drug-likeness (QED) is 0.685. The Labute approximate surface area is 130 Å². The van der Waals surface area contributed by atoms with Crippen LogP contribution in [0.5, 0.6) is 0 Å². The van der Waals surface area contributed by atoms with E-state index in [1.807, 2.05) is 0 Å². The maximum atomic E-state index is 12.8. The Balaban J connectivity index is 0.000000204. The fourth-order valence-corrected chi connectivity index (χ4v) is 1.94. The van der Waals surface area contributed by atoms with Crippen molar-refractivity contribution in [2.45, 2.75) is 0 Å². The molecule has 0 unspecified atom stereocenters. The highest BCUT2D eigenvalue weighted by Gasteiger charge is 2.11. The van der Waals surface area contributed by atoms with Crippen LogP contribution in [0.3, 0.4) is 0 Å². The van der Waals surface area contributed by atoms with Gasteiger partial charge in [-0.3, -0.25) is 0 Å². The molecule has 0 radical (unpaired) electrons. The number of hydrogen-bond donors (Lipinski definition) is 2. The molecule has 3 nitrogen and oxygen atoms in total. The molecule has 106 valence electrons. The van der Waals surface area contributed by atoms with Crippen molar-refractivity contribution in [3.05, 3.63) is 62.5 Å². The molecule has 2 rings (SSSR count). The smallest absolute Gasteiger partial charge is 0.338 e. The van der Waals surface area contributed by atoms with Crippen molar-refractivity contribution in [3.8, 4) is 0 Å². The number of rotatable bonds is 1. The molecule has 20 heavy (non-hydrogen) atoms. The zero-order valence-corrected chi connectivity index (χ0v) is 13.1. The van der Waals surface area contributed by atoms with Gasteiger partial charge in [0.1, 0.15) is 0 Å². The summed E-state index contributed by atoms with van der Waals surface area (Å²) in [6.45, 7) is 0. The summed E-state index contributed by atoms with van der Waals surface area (Å²) in [6, 6.07) is 8.93. The first-order chi connectivity index (χ1) is 9.34. The monoisotopic (exact) mass is 407 g/mol. The number of halogens is 4. The average Bonchev–Trinajstić information content (AvgIpc) is 2.39. The first-order valence-electron chi connectivity index (χ1n) is 5.21. The Morgan fingerprint density at radius 1 is 1.00 bits per heavy atom. The topological polar surface area (TPSA) is 63.3 Å². The lowest BCUT2D eigenvalue weighted by Crippen LogP contribution is -2.00. The molecule has 0 aliphatic heterocycles. The zero-order chi connectivity index (χ0) is 15.3. The van der Waals surface area contributed by atoms with Crippen LogP contribution in [0.4, 0.5) is 14.5 Å². The van der Waals surface area contributed by atoms with Crippen molar-refractivity contribution in [3.63, 3.8) is 0 Å². The molecule has 0 aliphatic rings.